The van der Waals surface area contributed by atoms with Crippen LogP contribution in [0.5, 0.6) is 0 Å². The number of nitrogens with zero attached hydrogens (tertiary/aromatic N) is 3. The highest BCUT2D eigenvalue weighted by Gasteiger charge is 2.47. The van der Waals surface area contributed by atoms with Crippen LogP contribution in [-0.4, -0.2) is 47.4 Å². The number of hydrogen-bond donors (Lipinski definition) is 0. The second-order valence-corrected chi connectivity index (χ2v) is 7.30. The van der Waals surface area contributed by atoms with E-state index in [1.807, 2.05) is 0 Å². The molecule has 1 aliphatic carbocycles. The fourth-order valence-electron chi connectivity index (χ4n) is 4.93. The van der Waals surface area contributed by atoms with Crippen LogP contribution in [0.4, 0.5) is 0 Å². The van der Waals surface area contributed by atoms with Gasteiger partial charge in [0.2, 0.25) is 5.91 Å². The Labute approximate surface area is 134 Å². The van der Waals surface area contributed by atoms with Crippen molar-refractivity contribution in [1.29, 1.82) is 5.26 Å². The van der Waals surface area contributed by atoms with E-state index in [0.717, 1.165) is 51.6 Å². The molecule has 0 bridgehead atoms. The minimum atomic E-state index is -0.712. The Morgan fingerprint density at radius 1 is 1.09 bits per heavy atom. The van der Waals surface area contributed by atoms with Gasteiger partial charge in [-0.05, 0) is 51.6 Å². The van der Waals surface area contributed by atoms with Crippen molar-refractivity contribution in [2.75, 3.05) is 19.6 Å². The third kappa shape index (κ3) is 2.65. The molecule has 0 spiro atoms. The van der Waals surface area contributed by atoms with Crippen molar-refractivity contribution in [2.45, 2.75) is 76.8 Å². The fraction of sp³-hybridized carbons (Fsp3) is 0.889. The lowest BCUT2D eigenvalue weighted by molar-refractivity contribution is -0.142. The molecule has 1 amide bonds. The van der Waals surface area contributed by atoms with E-state index >= 15 is 0 Å². The molecule has 122 valence electrons. The van der Waals surface area contributed by atoms with Gasteiger partial charge < -0.3 is 4.90 Å². The molecule has 0 aromatic carbocycles. The van der Waals surface area contributed by atoms with Crippen molar-refractivity contribution in [3.63, 3.8) is 0 Å². The van der Waals surface area contributed by atoms with Gasteiger partial charge >= 0.3 is 0 Å². The summed E-state index contributed by atoms with van der Waals surface area (Å²) in [6.07, 6.45) is 9.46. The zero-order chi connectivity index (χ0) is 15.6. The lowest BCUT2D eigenvalue weighted by atomic mass is 9.74. The van der Waals surface area contributed by atoms with Crippen molar-refractivity contribution >= 4 is 5.91 Å². The third-order valence-electron chi connectivity index (χ3n) is 6.16. The quantitative estimate of drug-likeness (QED) is 0.805. The van der Waals surface area contributed by atoms with Gasteiger partial charge in [-0.3, -0.25) is 9.69 Å². The maximum atomic E-state index is 13.2. The number of amides is 1. The fourth-order valence-corrected chi connectivity index (χ4v) is 4.93. The minimum absolute atomic E-state index is 0.153. The lowest BCUT2D eigenvalue weighted by Gasteiger charge is -2.39. The van der Waals surface area contributed by atoms with Crippen LogP contribution < -0.4 is 0 Å². The second-order valence-electron chi connectivity index (χ2n) is 7.30. The third-order valence-corrected chi connectivity index (χ3v) is 6.16. The first-order chi connectivity index (χ1) is 10.7. The van der Waals surface area contributed by atoms with Crippen molar-refractivity contribution in [1.82, 2.24) is 9.80 Å². The van der Waals surface area contributed by atoms with E-state index in [1.165, 1.54) is 25.8 Å². The molecule has 3 rings (SSSR count). The van der Waals surface area contributed by atoms with Gasteiger partial charge in [0.1, 0.15) is 5.41 Å². The van der Waals surface area contributed by atoms with Crippen molar-refractivity contribution in [2.24, 2.45) is 5.41 Å². The van der Waals surface area contributed by atoms with Crippen molar-refractivity contribution < 1.29 is 4.79 Å². The van der Waals surface area contributed by atoms with E-state index in [-0.39, 0.29) is 5.91 Å². The van der Waals surface area contributed by atoms with Gasteiger partial charge in [-0.2, -0.15) is 5.26 Å². The molecular formula is C18H29N3O. The SMILES string of the molecule is CCN1CCC[C@@H]1[C@H]1CCCN1C(=O)C1(C#N)CCCCC1. The van der Waals surface area contributed by atoms with Gasteiger partial charge in [0.25, 0.3) is 0 Å². The Bertz CT molecular complexity index is 450. The standard InChI is InChI=1S/C18H29N3O/c1-2-20-12-6-8-15(20)16-9-7-13-21(16)17(22)18(14-19)10-4-3-5-11-18/h15-16H,2-13H2,1H3/t15-,16-/m1/s1. The molecule has 0 aromatic heterocycles. The number of carbonyl (C=O) groups excluding carboxylic acids is 1. The predicted octanol–water partition coefficient (Wildman–Crippen LogP) is 2.94. The Morgan fingerprint density at radius 2 is 1.77 bits per heavy atom. The topological polar surface area (TPSA) is 47.3 Å². The summed E-state index contributed by atoms with van der Waals surface area (Å²) in [4.78, 5) is 17.8. The first kappa shape index (κ1) is 15.8. The summed E-state index contributed by atoms with van der Waals surface area (Å²) >= 11 is 0. The lowest BCUT2D eigenvalue weighted by Crippen LogP contribution is -2.52. The molecule has 0 aromatic rings. The molecule has 3 fully saturated rings. The monoisotopic (exact) mass is 303 g/mol. The summed E-state index contributed by atoms with van der Waals surface area (Å²) in [5, 5.41) is 9.71. The molecule has 2 atom stereocenters. The van der Waals surface area contributed by atoms with Gasteiger partial charge in [-0.25, -0.2) is 0 Å². The summed E-state index contributed by atoms with van der Waals surface area (Å²) in [5.74, 6) is 0.153. The summed E-state index contributed by atoms with van der Waals surface area (Å²) in [6, 6.07) is 3.30. The van der Waals surface area contributed by atoms with E-state index in [1.54, 1.807) is 0 Å². The maximum Gasteiger partial charge on any atom is 0.243 e. The van der Waals surface area contributed by atoms with Gasteiger partial charge in [0.05, 0.1) is 6.07 Å². The molecule has 4 heteroatoms. The summed E-state index contributed by atoms with van der Waals surface area (Å²) in [7, 11) is 0. The highest BCUT2D eigenvalue weighted by Crippen LogP contribution is 2.40. The summed E-state index contributed by atoms with van der Waals surface area (Å²) in [6.45, 7) is 5.33. The van der Waals surface area contributed by atoms with Crippen LogP contribution in [0.2, 0.25) is 0 Å². The molecule has 1 saturated carbocycles. The van der Waals surface area contributed by atoms with Crippen LogP contribution in [-0.2, 0) is 4.79 Å². The predicted molar refractivity (Wildman–Crippen MR) is 86.1 cm³/mol. The van der Waals surface area contributed by atoms with Gasteiger partial charge in [-0.15, -0.1) is 0 Å². The van der Waals surface area contributed by atoms with Crippen LogP contribution in [0, 0.1) is 16.7 Å². The molecule has 2 heterocycles. The minimum Gasteiger partial charge on any atom is -0.337 e. The Morgan fingerprint density at radius 3 is 2.45 bits per heavy atom. The van der Waals surface area contributed by atoms with Crippen LogP contribution >= 0.6 is 0 Å². The van der Waals surface area contributed by atoms with Gasteiger partial charge in [-0.1, -0.05) is 26.2 Å². The van der Waals surface area contributed by atoms with E-state index in [0.29, 0.717) is 12.1 Å². The maximum absolute atomic E-state index is 13.2. The zero-order valence-corrected chi connectivity index (χ0v) is 13.9. The van der Waals surface area contributed by atoms with E-state index in [9.17, 15) is 10.1 Å². The Balaban J connectivity index is 1.77. The number of rotatable bonds is 3. The summed E-state index contributed by atoms with van der Waals surface area (Å²) in [5.41, 5.74) is -0.712. The molecule has 4 nitrogen and oxygen atoms in total. The number of carbonyl (C=O) groups is 1. The number of likely N-dealkylation sites (N-methyl/N-ethyl adjacent to an activating group) is 1. The van der Waals surface area contributed by atoms with Gasteiger partial charge in [0, 0.05) is 18.6 Å². The van der Waals surface area contributed by atoms with Crippen LogP contribution in [0.15, 0.2) is 0 Å². The number of nitriles is 1. The number of likely N-dealkylation sites (tertiary alicyclic amines) is 2. The van der Waals surface area contributed by atoms with Crippen molar-refractivity contribution in [3.8, 4) is 6.07 Å². The Hall–Kier alpha value is -1.08. The highest BCUT2D eigenvalue weighted by molar-refractivity contribution is 5.86. The molecule has 0 radical (unpaired) electrons. The van der Waals surface area contributed by atoms with Crippen LogP contribution in [0.25, 0.3) is 0 Å². The van der Waals surface area contributed by atoms with Crippen molar-refractivity contribution in [3.05, 3.63) is 0 Å². The number of hydrogen-bond acceptors (Lipinski definition) is 3. The molecule has 2 saturated heterocycles. The Kier molecular flexibility index (Phi) is 4.73. The van der Waals surface area contributed by atoms with E-state index in [2.05, 4.69) is 22.8 Å². The summed E-state index contributed by atoms with van der Waals surface area (Å²) < 4.78 is 0. The van der Waals surface area contributed by atoms with Crippen LogP contribution in [0.3, 0.4) is 0 Å². The molecule has 3 aliphatic rings. The average molecular weight is 303 g/mol. The average Bonchev–Trinajstić information content (AvgIpc) is 3.22. The molecule has 22 heavy (non-hydrogen) atoms. The van der Waals surface area contributed by atoms with E-state index < -0.39 is 5.41 Å². The van der Waals surface area contributed by atoms with Gasteiger partial charge in [0.15, 0.2) is 0 Å². The normalized spacial score (nSPS) is 32.1. The van der Waals surface area contributed by atoms with E-state index in [4.69, 9.17) is 0 Å². The smallest absolute Gasteiger partial charge is 0.243 e. The first-order valence-electron chi connectivity index (χ1n) is 9.18. The highest BCUT2D eigenvalue weighted by atomic mass is 16.2. The largest absolute Gasteiger partial charge is 0.337 e. The zero-order valence-electron chi connectivity index (χ0n) is 13.9. The molecule has 2 aliphatic heterocycles. The molecule has 0 N–H and O–H groups in total. The molecule has 0 unspecified atom stereocenters. The molecular weight excluding hydrogens is 274 g/mol. The van der Waals surface area contributed by atoms with Crippen LogP contribution in [0.1, 0.15) is 64.7 Å². The second kappa shape index (κ2) is 6.58. The first-order valence-corrected chi connectivity index (χ1v) is 9.18.